The van der Waals surface area contributed by atoms with Gasteiger partial charge in [-0.05, 0) is 24.5 Å². The van der Waals surface area contributed by atoms with E-state index < -0.39 is 12.0 Å². The summed E-state index contributed by atoms with van der Waals surface area (Å²) < 4.78 is 56.8. The summed E-state index contributed by atoms with van der Waals surface area (Å²) in [5.74, 6) is -0.753. The van der Waals surface area contributed by atoms with Crippen LogP contribution in [0.25, 0.3) is 0 Å². The van der Waals surface area contributed by atoms with Crippen LogP contribution in [0.5, 0.6) is 0 Å². The Kier molecular flexibility index (Phi) is 6.82. The van der Waals surface area contributed by atoms with Crippen LogP contribution in [0.3, 0.4) is 0 Å². The smallest absolute Gasteiger partial charge is 0.277 e. The van der Waals surface area contributed by atoms with Gasteiger partial charge in [0, 0.05) is 5.92 Å². The third-order valence-corrected chi connectivity index (χ3v) is 4.41. The van der Waals surface area contributed by atoms with E-state index in [2.05, 4.69) is 11.7 Å². The number of halogens is 4. The van der Waals surface area contributed by atoms with Gasteiger partial charge in [0.1, 0.15) is 11.4 Å². The highest BCUT2D eigenvalue weighted by molar-refractivity contribution is 5.36. The molecule has 2 rings (SSSR count). The maximum atomic E-state index is 13.9. The molecule has 0 N–H and O–H groups in total. The molecule has 0 bridgehead atoms. The van der Waals surface area contributed by atoms with Crippen LogP contribution >= 0.6 is 0 Å². The fourth-order valence-corrected chi connectivity index (χ4v) is 3.11. The number of hydrogen-bond donors (Lipinski definition) is 0. The predicted octanol–water partition coefficient (Wildman–Crippen LogP) is 6.67. The molecule has 5 heteroatoms. The molecule has 0 heterocycles. The molecule has 0 saturated carbocycles. The van der Waals surface area contributed by atoms with Gasteiger partial charge in [0.05, 0.1) is 0 Å². The molecular weight excluding hydrogens is 332 g/mol. The summed E-state index contributed by atoms with van der Waals surface area (Å²) >= 11 is 0. The lowest BCUT2D eigenvalue weighted by atomic mass is 9.85. The van der Waals surface area contributed by atoms with Gasteiger partial charge in [-0.1, -0.05) is 75.1 Å². The van der Waals surface area contributed by atoms with Gasteiger partial charge in [-0.15, -0.1) is 13.2 Å². The molecule has 0 aliphatic heterocycles. The number of allylic oxidation sites excluding steroid dienone is 2. The summed E-state index contributed by atoms with van der Waals surface area (Å²) in [6.07, 6.45) is 6.26. The zero-order valence-corrected chi connectivity index (χ0v) is 14.4. The molecule has 1 aromatic carbocycles. The van der Waals surface area contributed by atoms with Crippen molar-refractivity contribution in [3.8, 4) is 0 Å². The van der Waals surface area contributed by atoms with Gasteiger partial charge < -0.3 is 0 Å². The normalized spacial score (nSPS) is 23.2. The minimum atomic E-state index is -4.72. The van der Waals surface area contributed by atoms with Crippen molar-refractivity contribution >= 4 is 0 Å². The van der Waals surface area contributed by atoms with Gasteiger partial charge in [-0.2, -0.15) is 0 Å². The van der Waals surface area contributed by atoms with Gasteiger partial charge in [0.2, 0.25) is 0 Å². The number of alkyl halides is 3. The Bertz CT molecular complexity index is 590. The van der Waals surface area contributed by atoms with Crippen molar-refractivity contribution in [2.75, 3.05) is 0 Å². The Morgan fingerprint density at radius 1 is 1.00 bits per heavy atom. The first-order chi connectivity index (χ1) is 11.9. The van der Waals surface area contributed by atoms with Crippen LogP contribution in [0.15, 0.2) is 48.6 Å². The van der Waals surface area contributed by atoms with Crippen LogP contribution in [0, 0.1) is 5.82 Å². The second kappa shape index (κ2) is 8.65. The maximum Gasteiger partial charge on any atom is 0.523 e. The minimum absolute atomic E-state index is 0.257. The zero-order chi connectivity index (χ0) is 18.3. The molecule has 0 amide bonds. The van der Waals surface area contributed by atoms with E-state index in [9.17, 15) is 17.6 Å². The predicted molar refractivity (Wildman–Crippen MR) is 90.7 cm³/mol. The van der Waals surface area contributed by atoms with Crippen molar-refractivity contribution < 1.29 is 22.3 Å². The molecular formula is C20H24F4O. The summed E-state index contributed by atoms with van der Waals surface area (Å²) in [6.45, 7) is 2.09. The monoisotopic (exact) mass is 356 g/mol. The lowest BCUT2D eigenvalue weighted by molar-refractivity contribution is -0.351. The largest absolute Gasteiger partial charge is 0.523 e. The van der Waals surface area contributed by atoms with Gasteiger partial charge in [0.25, 0.3) is 0 Å². The minimum Gasteiger partial charge on any atom is -0.277 e. The quantitative estimate of drug-likeness (QED) is 0.287. The molecule has 0 saturated heterocycles. The summed E-state index contributed by atoms with van der Waals surface area (Å²) in [4.78, 5) is 0. The highest BCUT2D eigenvalue weighted by Gasteiger charge is 2.41. The summed E-state index contributed by atoms with van der Waals surface area (Å²) in [6, 6.07) is 6.28. The number of rotatable bonds is 8. The Hall–Kier alpha value is -1.62. The van der Waals surface area contributed by atoms with E-state index in [1.54, 1.807) is 30.4 Å². The van der Waals surface area contributed by atoms with Crippen LogP contribution in [0.2, 0.25) is 0 Å². The number of ether oxygens (including phenoxy) is 1. The van der Waals surface area contributed by atoms with Crippen molar-refractivity contribution in [3.05, 3.63) is 60.0 Å². The van der Waals surface area contributed by atoms with Crippen molar-refractivity contribution in [3.63, 3.8) is 0 Å². The topological polar surface area (TPSA) is 9.23 Å². The van der Waals surface area contributed by atoms with Crippen LogP contribution in [-0.2, 0) is 4.74 Å². The van der Waals surface area contributed by atoms with E-state index >= 15 is 0 Å². The Balaban J connectivity index is 2.09. The lowest BCUT2D eigenvalue weighted by Crippen LogP contribution is -2.36. The summed E-state index contributed by atoms with van der Waals surface area (Å²) in [5.41, 5.74) is -1.05. The molecule has 138 valence electrons. The third kappa shape index (κ3) is 5.99. The van der Waals surface area contributed by atoms with Crippen LogP contribution in [0.1, 0.15) is 56.9 Å². The van der Waals surface area contributed by atoms with E-state index in [0.29, 0.717) is 12.0 Å². The Labute approximate surface area is 146 Å². The Morgan fingerprint density at radius 3 is 2.24 bits per heavy atom. The molecule has 0 fully saturated rings. The molecule has 0 atom stereocenters. The molecule has 0 spiro atoms. The van der Waals surface area contributed by atoms with Crippen molar-refractivity contribution in [2.24, 2.45) is 0 Å². The third-order valence-electron chi connectivity index (χ3n) is 4.41. The standard InChI is InChI=1S/C20H24F4O/c1-2-3-4-5-8-13-19(25-20(22,23)24)14-11-16(12-15-19)17-9-6-7-10-18(17)21/h6-7,9-12,14-16H,2-5,8,13H2,1H3. The van der Waals surface area contributed by atoms with E-state index in [1.807, 2.05) is 0 Å². The van der Waals surface area contributed by atoms with Crippen molar-refractivity contribution in [1.82, 2.24) is 0 Å². The van der Waals surface area contributed by atoms with Crippen molar-refractivity contribution in [1.29, 1.82) is 0 Å². The number of unbranched alkanes of at least 4 members (excludes halogenated alkanes) is 4. The summed E-state index contributed by atoms with van der Waals surface area (Å²) in [7, 11) is 0. The van der Waals surface area contributed by atoms with Gasteiger partial charge in [-0.25, -0.2) is 4.39 Å². The molecule has 1 aromatic rings. The molecule has 1 aliphatic carbocycles. The fourth-order valence-electron chi connectivity index (χ4n) is 3.11. The highest BCUT2D eigenvalue weighted by Crippen LogP contribution is 2.37. The number of benzene rings is 1. The van der Waals surface area contributed by atoms with Crippen LogP contribution in [-0.4, -0.2) is 12.0 Å². The summed E-state index contributed by atoms with van der Waals surface area (Å²) in [5, 5.41) is 0. The fraction of sp³-hybridized carbons (Fsp3) is 0.500. The second-order valence-electron chi connectivity index (χ2n) is 6.43. The first kappa shape index (κ1) is 19.7. The average Bonchev–Trinajstić information content (AvgIpc) is 2.55. The van der Waals surface area contributed by atoms with E-state index in [1.165, 1.54) is 18.2 Å². The maximum absolute atomic E-state index is 13.9. The van der Waals surface area contributed by atoms with Gasteiger partial charge in [-0.3, -0.25) is 4.74 Å². The van der Waals surface area contributed by atoms with Crippen LogP contribution < -0.4 is 0 Å². The lowest BCUT2D eigenvalue weighted by Gasteiger charge is -2.32. The average molecular weight is 356 g/mol. The van der Waals surface area contributed by atoms with E-state index in [-0.39, 0.29) is 18.2 Å². The van der Waals surface area contributed by atoms with Crippen molar-refractivity contribution in [2.45, 2.75) is 63.3 Å². The van der Waals surface area contributed by atoms with Crippen LogP contribution in [0.4, 0.5) is 17.6 Å². The molecule has 1 nitrogen and oxygen atoms in total. The molecule has 25 heavy (non-hydrogen) atoms. The SMILES string of the molecule is CCCCCCCC1(OC(F)(F)F)C=CC(c2ccccc2F)C=C1. The first-order valence-electron chi connectivity index (χ1n) is 8.75. The molecule has 0 radical (unpaired) electrons. The molecule has 0 aromatic heterocycles. The van der Waals surface area contributed by atoms with Gasteiger partial charge >= 0.3 is 6.36 Å². The molecule has 0 unspecified atom stereocenters. The molecule has 1 aliphatic rings. The highest BCUT2D eigenvalue weighted by atomic mass is 19.4. The zero-order valence-electron chi connectivity index (χ0n) is 14.4. The second-order valence-corrected chi connectivity index (χ2v) is 6.43. The Morgan fingerprint density at radius 2 is 1.64 bits per heavy atom. The number of hydrogen-bond acceptors (Lipinski definition) is 1. The van der Waals surface area contributed by atoms with E-state index in [0.717, 1.165) is 25.7 Å². The van der Waals surface area contributed by atoms with Gasteiger partial charge in [0.15, 0.2) is 0 Å². The van der Waals surface area contributed by atoms with E-state index in [4.69, 9.17) is 0 Å². The first-order valence-corrected chi connectivity index (χ1v) is 8.75.